The zero-order chi connectivity index (χ0) is 27.0. The van der Waals surface area contributed by atoms with Crippen molar-refractivity contribution < 1.29 is 14.3 Å². The molecule has 0 spiro atoms. The first-order chi connectivity index (χ1) is 19.2. The Morgan fingerprint density at radius 1 is 0.795 bits per heavy atom. The van der Waals surface area contributed by atoms with Gasteiger partial charge >= 0.3 is 0 Å². The Labute approximate surface area is 227 Å². The van der Waals surface area contributed by atoms with Gasteiger partial charge < -0.3 is 19.4 Å². The number of methoxy groups -OCH3 is 1. The summed E-state index contributed by atoms with van der Waals surface area (Å²) >= 11 is 0. The fraction of sp³-hybridized carbons (Fsp3) is 0.0909. The lowest BCUT2D eigenvalue weighted by molar-refractivity contribution is -0.118. The van der Waals surface area contributed by atoms with Gasteiger partial charge in [0.15, 0.2) is 18.1 Å². The van der Waals surface area contributed by atoms with E-state index in [1.165, 1.54) is 0 Å². The van der Waals surface area contributed by atoms with E-state index in [2.05, 4.69) is 11.4 Å². The minimum atomic E-state index is -0.386. The number of rotatable bonds is 9. The smallest absolute Gasteiger partial charge is 0.263 e. The highest BCUT2D eigenvalue weighted by Crippen LogP contribution is 2.42. The van der Waals surface area contributed by atoms with Crippen molar-refractivity contribution >= 4 is 11.7 Å². The monoisotopic (exact) mass is 513 g/mol. The predicted octanol–water partition coefficient (Wildman–Crippen LogP) is 6.77. The molecule has 0 unspecified atom stereocenters. The fourth-order valence-corrected chi connectivity index (χ4v) is 4.61. The number of benzene rings is 4. The first-order valence-corrected chi connectivity index (χ1v) is 12.6. The number of para-hydroxylation sites is 2. The van der Waals surface area contributed by atoms with Crippen molar-refractivity contribution in [3.63, 3.8) is 0 Å². The normalized spacial score (nSPS) is 10.5. The van der Waals surface area contributed by atoms with Gasteiger partial charge in [-0.05, 0) is 28.8 Å². The molecule has 0 aliphatic rings. The van der Waals surface area contributed by atoms with E-state index >= 15 is 0 Å². The summed E-state index contributed by atoms with van der Waals surface area (Å²) in [5.41, 5.74) is 4.87. The Kier molecular flexibility index (Phi) is 7.71. The Hall–Kier alpha value is -5.28. The molecule has 1 heterocycles. The Morgan fingerprint density at radius 3 is 1.97 bits per heavy atom. The lowest BCUT2D eigenvalue weighted by Crippen LogP contribution is -2.23. The molecule has 0 bridgehead atoms. The van der Waals surface area contributed by atoms with Crippen LogP contribution in [0.25, 0.3) is 22.4 Å². The fourth-order valence-electron chi connectivity index (χ4n) is 4.61. The molecule has 5 aromatic rings. The van der Waals surface area contributed by atoms with E-state index in [9.17, 15) is 10.1 Å². The van der Waals surface area contributed by atoms with E-state index in [4.69, 9.17) is 9.47 Å². The van der Waals surface area contributed by atoms with Crippen molar-refractivity contribution in [1.29, 1.82) is 5.26 Å². The Morgan fingerprint density at radius 2 is 1.36 bits per heavy atom. The zero-order valence-electron chi connectivity index (χ0n) is 21.5. The van der Waals surface area contributed by atoms with Crippen molar-refractivity contribution in [1.82, 2.24) is 4.57 Å². The summed E-state index contributed by atoms with van der Waals surface area (Å²) in [6.07, 6.45) is 0. The Balaban J connectivity index is 1.62. The molecule has 0 aliphatic carbocycles. The largest absolute Gasteiger partial charge is 0.493 e. The number of hydrogen-bond donors (Lipinski definition) is 1. The summed E-state index contributed by atoms with van der Waals surface area (Å²) in [6.45, 7) is 0.207. The SMILES string of the molecule is COc1ccccc1OCC(=O)Nc1c(C#N)c(-c2ccccc2)c(-c2ccccc2)n1Cc1ccccc1. The number of carbonyl (C=O) groups excluding carboxylic acids is 1. The van der Waals surface area contributed by atoms with Crippen molar-refractivity contribution in [2.75, 3.05) is 19.0 Å². The van der Waals surface area contributed by atoms with Gasteiger partial charge in [-0.25, -0.2) is 0 Å². The molecule has 1 N–H and O–H groups in total. The van der Waals surface area contributed by atoms with Crippen molar-refractivity contribution in [2.24, 2.45) is 0 Å². The van der Waals surface area contributed by atoms with Gasteiger partial charge in [0.25, 0.3) is 5.91 Å². The van der Waals surface area contributed by atoms with Gasteiger partial charge in [0.05, 0.1) is 12.8 Å². The van der Waals surface area contributed by atoms with Crippen LogP contribution in [0, 0.1) is 11.3 Å². The minimum Gasteiger partial charge on any atom is -0.493 e. The average molecular weight is 514 g/mol. The molecular formula is C33H27N3O3. The maximum Gasteiger partial charge on any atom is 0.263 e. The van der Waals surface area contributed by atoms with Crippen LogP contribution in [0.4, 0.5) is 5.82 Å². The third-order valence-electron chi connectivity index (χ3n) is 6.35. The van der Waals surface area contributed by atoms with Crippen LogP contribution in [0.3, 0.4) is 0 Å². The zero-order valence-corrected chi connectivity index (χ0v) is 21.5. The summed E-state index contributed by atoms with van der Waals surface area (Å²) in [7, 11) is 1.55. The van der Waals surface area contributed by atoms with Gasteiger partial charge in [0.1, 0.15) is 17.5 Å². The van der Waals surface area contributed by atoms with Gasteiger partial charge in [-0.3, -0.25) is 4.79 Å². The maximum atomic E-state index is 13.3. The maximum absolute atomic E-state index is 13.3. The number of amides is 1. The lowest BCUT2D eigenvalue weighted by atomic mass is 9.98. The van der Waals surface area contributed by atoms with Crippen LogP contribution in [-0.2, 0) is 11.3 Å². The summed E-state index contributed by atoms with van der Waals surface area (Å²) in [5, 5.41) is 13.4. The predicted molar refractivity (Wildman–Crippen MR) is 153 cm³/mol. The van der Waals surface area contributed by atoms with Gasteiger partial charge in [-0.1, -0.05) is 103 Å². The standard InChI is InChI=1S/C33H27N3O3/c1-38-28-19-11-12-20-29(28)39-23-30(37)35-33-27(21-34)31(25-15-7-3-8-16-25)32(26-17-9-4-10-18-26)36(33)22-24-13-5-2-6-14-24/h2-20H,22-23H2,1H3,(H,35,37). The van der Waals surface area contributed by atoms with Crippen LogP contribution in [0.2, 0.25) is 0 Å². The van der Waals surface area contributed by atoms with Crippen LogP contribution in [0.15, 0.2) is 115 Å². The third-order valence-corrected chi connectivity index (χ3v) is 6.35. The number of anilines is 1. The van der Waals surface area contributed by atoms with E-state index in [0.29, 0.717) is 29.4 Å². The second-order valence-electron chi connectivity index (χ2n) is 8.85. The van der Waals surface area contributed by atoms with Crippen molar-refractivity contribution in [3.05, 3.63) is 126 Å². The number of nitrogens with zero attached hydrogens (tertiary/aromatic N) is 2. The van der Waals surface area contributed by atoms with Gasteiger partial charge in [-0.2, -0.15) is 5.26 Å². The van der Waals surface area contributed by atoms with Gasteiger partial charge in [-0.15, -0.1) is 0 Å². The summed E-state index contributed by atoms with van der Waals surface area (Å²) in [6, 6.07) is 39.2. The molecule has 0 saturated carbocycles. The number of hydrogen-bond acceptors (Lipinski definition) is 4. The molecule has 4 aromatic carbocycles. The van der Waals surface area contributed by atoms with Crippen LogP contribution in [0.5, 0.6) is 11.5 Å². The molecule has 6 heteroatoms. The molecule has 0 saturated heterocycles. The summed E-state index contributed by atoms with van der Waals surface area (Å²) < 4.78 is 13.1. The molecule has 5 rings (SSSR count). The van der Waals surface area contributed by atoms with E-state index < -0.39 is 0 Å². The Bertz CT molecular complexity index is 1610. The topological polar surface area (TPSA) is 76.3 Å². The molecular weight excluding hydrogens is 486 g/mol. The number of nitrogens with one attached hydrogen (secondary N) is 1. The molecule has 0 atom stereocenters. The summed E-state index contributed by atoms with van der Waals surface area (Å²) in [4.78, 5) is 13.3. The first kappa shape index (κ1) is 25.4. The van der Waals surface area contributed by atoms with Crippen LogP contribution >= 0.6 is 0 Å². The number of aromatic nitrogens is 1. The highest BCUT2D eigenvalue weighted by atomic mass is 16.5. The number of carbonyl (C=O) groups is 1. The van der Waals surface area contributed by atoms with Crippen LogP contribution in [-0.4, -0.2) is 24.2 Å². The molecule has 1 amide bonds. The summed E-state index contributed by atoms with van der Waals surface area (Å²) in [5.74, 6) is 1.04. The van der Waals surface area contributed by atoms with E-state index in [-0.39, 0.29) is 12.5 Å². The number of nitriles is 1. The highest BCUT2D eigenvalue weighted by Gasteiger charge is 2.26. The van der Waals surface area contributed by atoms with Crippen molar-refractivity contribution in [3.8, 4) is 40.0 Å². The molecule has 192 valence electrons. The van der Waals surface area contributed by atoms with Gasteiger partial charge in [0, 0.05) is 12.1 Å². The first-order valence-electron chi connectivity index (χ1n) is 12.6. The molecule has 0 fully saturated rings. The molecule has 0 radical (unpaired) electrons. The van der Waals surface area contributed by atoms with E-state index in [1.54, 1.807) is 19.2 Å². The quantitative estimate of drug-likeness (QED) is 0.236. The van der Waals surface area contributed by atoms with E-state index in [1.807, 2.05) is 108 Å². The number of ether oxygens (including phenoxy) is 2. The van der Waals surface area contributed by atoms with Crippen molar-refractivity contribution in [2.45, 2.75) is 6.54 Å². The van der Waals surface area contributed by atoms with E-state index in [0.717, 1.165) is 27.9 Å². The molecule has 39 heavy (non-hydrogen) atoms. The third kappa shape index (κ3) is 5.53. The molecule has 6 nitrogen and oxygen atoms in total. The molecule has 0 aliphatic heterocycles. The second kappa shape index (κ2) is 11.8. The molecule has 1 aromatic heterocycles. The highest BCUT2D eigenvalue weighted by molar-refractivity contribution is 5.98. The second-order valence-corrected chi connectivity index (χ2v) is 8.85. The van der Waals surface area contributed by atoms with Crippen LogP contribution < -0.4 is 14.8 Å². The average Bonchev–Trinajstić information content (AvgIpc) is 3.29. The minimum absolute atomic E-state index is 0.247. The lowest BCUT2D eigenvalue weighted by Gasteiger charge is -2.16. The van der Waals surface area contributed by atoms with Crippen LogP contribution in [0.1, 0.15) is 11.1 Å². The van der Waals surface area contributed by atoms with Gasteiger partial charge in [0.2, 0.25) is 0 Å².